The first kappa shape index (κ1) is 16.1. The number of nitrogens with zero attached hydrogens (tertiary/aromatic N) is 1. The average Bonchev–Trinajstić information content (AvgIpc) is 2.46. The summed E-state index contributed by atoms with van der Waals surface area (Å²) in [5, 5.41) is 9.90. The summed E-state index contributed by atoms with van der Waals surface area (Å²) in [5.41, 5.74) is 0. The Labute approximate surface area is 122 Å². The van der Waals surface area contributed by atoms with Crippen molar-refractivity contribution in [2.45, 2.75) is 25.1 Å². The van der Waals surface area contributed by atoms with Crippen molar-refractivity contribution in [2.75, 3.05) is 26.2 Å². The van der Waals surface area contributed by atoms with Gasteiger partial charge in [0, 0.05) is 13.1 Å². The molecule has 21 heavy (non-hydrogen) atoms. The van der Waals surface area contributed by atoms with Gasteiger partial charge in [0.25, 0.3) is 0 Å². The third-order valence-corrected chi connectivity index (χ3v) is 3.62. The number of likely N-dealkylation sites (tertiary alicyclic amines) is 1. The Hall–Kier alpha value is -1.27. The van der Waals surface area contributed by atoms with E-state index in [1.165, 1.54) is 0 Å². The van der Waals surface area contributed by atoms with Crippen LogP contribution in [0.4, 0.5) is 13.2 Å². The summed E-state index contributed by atoms with van der Waals surface area (Å²) in [6.45, 7) is 0.845. The van der Waals surface area contributed by atoms with Crippen molar-refractivity contribution in [1.82, 2.24) is 4.90 Å². The number of ether oxygens (including phenoxy) is 1. The van der Waals surface area contributed by atoms with Crippen molar-refractivity contribution < 1.29 is 23.0 Å². The lowest BCUT2D eigenvalue weighted by atomic mass is 9.97. The summed E-state index contributed by atoms with van der Waals surface area (Å²) >= 11 is 0. The number of hydrogen-bond donors (Lipinski definition) is 1. The van der Waals surface area contributed by atoms with E-state index in [0.29, 0.717) is 18.7 Å². The van der Waals surface area contributed by atoms with Crippen molar-refractivity contribution >= 4 is 0 Å². The van der Waals surface area contributed by atoms with Gasteiger partial charge in [-0.2, -0.15) is 13.2 Å². The minimum Gasteiger partial charge on any atom is -0.491 e. The van der Waals surface area contributed by atoms with E-state index < -0.39 is 18.2 Å². The highest BCUT2D eigenvalue weighted by atomic mass is 19.4. The van der Waals surface area contributed by atoms with Gasteiger partial charge < -0.3 is 14.7 Å². The predicted molar refractivity (Wildman–Crippen MR) is 73.2 cm³/mol. The zero-order valence-electron chi connectivity index (χ0n) is 11.7. The molecular weight excluding hydrogens is 283 g/mol. The Balaban J connectivity index is 1.76. The summed E-state index contributed by atoms with van der Waals surface area (Å²) in [4.78, 5) is 1.67. The molecule has 0 saturated carbocycles. The molecule has 2 unspecified atom stereocenters. The van der Waals surface area contributed by atoms with Crippen molar-refractivity contribution in [3.63, 3.8) is 0 Å². The molecular formula is C15H20F3NO2. The zero-order valence-corrected chi connectivity index (χ0v) is 11.7. The van der Waals surface area contributed by atoms with Gasteiger partial charge in [-0.15, -0.1) is 0 Å². The van der Waals surface area contributed by atoms with E-state index in [9.17, 15) is 18.3 Å². The van der Waals surface area contributed by atoms with E-state index in [1.807, 2.05) is 18.2 Å². The van der Waals surface area contributed by atoms with Gasteiger partial charge in [-0.05, 0) is 31.5 Å². The zero-order chi connectivity index (χ0) is 15.3. The largest absolute Gasteiger partial charge is 0.491 e. The van der Waals surface area contributed by atoms with E-state index in [2.05, 4.69) is 0 Å². The molecule has 1 aromatic carbocycles. The molecule has 2 rings (SSSR count). The third kappa shape index (κ3) is 5.21. The number of halogens is 3. The molecule has 2 atom stereocenters. The second-order valence-corrected chi connectivity index (χ2v) is 5.42. The second kappa shape index (κ2) is 7.13. The molecule has 6 heteroatoms. The molecule has 3 nitrogen and oxygen atoms in total. The van der Waals surface area contributed by atoms with Crippen LogP contribution in [0.25, 0.3) is 0 Å². The quantitative estimate of drug-likeness (QED) is 0.908. The molecule has 0 bridgehead atoms. The first-order valence-electron chi connectivity index (χ1n) is 7.10. The minimum atomic E-state index is -4.15. The van der Waals surface area contributed by atoms with Gasteiger partial charge in [0.2, 0.25) is 0 Å². The maximum absolute atomic E-state index is 12.7. The molecule has 0 amide bonds. The summed E-state index contributed by atoms with van der Waals surface area (Å²) in [5.74, 6) is -0.642. The highest BCUT2D eigenvalue weighted by Gasteiger charge is 2.41. The maximum Gasteiger partial charge on any atom is 0.393 e. The number of benzene rings is 1. The molecule has 1 heterocycles. The van der Waals surface area contributed by atoms with Crippen LogP contribution in [-0.4, -0.2) is 48.5 Å². The van der Waals surface area contributed by atoms with E-state index in [0.717, 1.165) is 0 Å². The average molecular weight is 303 g/mol. The molecule has 1 aromatic rings. The number of piperidine rings is 1. The van der Waals surface area contributed by atoms with Crippen LogP contribution in [0.15, 0.2) is 30.3 Å². The SMILES string of the molecule is OC(COc1ccccc1)CN1CCCC(C(F)(F)F)C1. The van der Waals surface area contributed by atoms with Crippen molar-refractivity contribution in [1.29, 1.82) is 0 Å². The first-order chi connectivity index (χ1) is 9.95. The van der Waals surface area contributed by atoms with Crippen molar-refractivity contribution in [2.24, 2.45) is 5.92 Å². The van der Waals surface area contributed by atoms with Crippen LogP contribution >= 0.6 is 0 Å². The molecule has 1 aliphatic rings. The fraction of sp³-hybridized carbons (Fsp3) is 0.600. The molecule has 0 aromatic heterocycles. The van der Waals surface area contributed by atoms with Crippen LogP contribution in [0.3, 0.4) is 0 Å². The normalized spacial score (nSPS) is 22.0. The van der Waals surface area contributed by atoms with Gasteiger partial charge in [0.15, 0.2) is 0 Å². The Bertz CT molecular complexity index is 425. The van der Waals surface area contributed by atoms with Gasteiger partial charge in [-0.3, -0.25) is 0 Å². The van der Waals surface area contributed by atoms with Gasteiger partial charge >= 0.3 is 6.18 Å². The topological polar surface area (TPSA) is 32.7 Å². The number of hydrogen-bond acceptors (Lipinski definition) is 3. The Morgan fingerprint density at radius 2 is 2.00 bits per heavy atom. The molecule has 1 N–H and O–H groups in total. The smallest absolute Gasteiger partial charge is 0.393 e. The van der Waals surface area contributed by atoms with E-state index >= 15 is 0 Å². The second-order valence-electron chi connectivity index (χ2n) is 5.42. The molecule has 0 spiro atoms. The highest BCUT2D eigenvalue weighted by Crippen LogP contribution is 2.33. The van der Waals surface area contributed by atoms with Gasteiger partial charge in [0.05, 0.1) is 5.92 Å². The van der Waals surface area contributed by atoms with Crippen LogP contribution in [0, 0.1) is 5.92 Å². The van der Waals surface area contributed by atoms with E-state index in [-0.39, 0.29) is 26.1 Å². The number of alkyl halides is 3. The lowest BCUT2D eigenvalue weighted by Crippen LogP contribution is -2.45. The third-order valence-electron chi connectivity index (χ3n) is 3.62. The lowest BCUT2D eigenvalue weighted by molar-refractivity contribution is -0.187. The fourth-order valence-electron chi connectivity index (χ4n) is 2.55. The molecule has 1 saturated heterocycles. The van der Waals surface area contributed by atoms with Gasteiger partial charge in [0.1, 0.15) is 18.5 Å². The van der Waals surface area contributed by atoms with Crippen LogP contribution in [0.5, 0.6) is 5.75 Å². The van der Waals surface area contributed by atoms with Crippen molar-refractivity contribution in [3.05, 3.63) is 30.3 Å². The van der Waals surface area contributed by atoms with E-state index in [1.54, 1.807) is 17.0 Å². The molecule has 1 aliphatic heterocycles. The molecule has 0 radical (unpaired) electrons. The monoisotopic (exact) mass is 303 g/mol. The fourth-order valence-corrected chi connectivity index (χ4v) is 2.55. The van der Waals surface area contributed by atoms with Gasteiger partial charge in [-0.25, -0.2) is 0 Å². The van der Waals surface area contributed by atoms with Crippen LogP contribution in [0.1, 0.15) is 12.8 Å². The summed E-state index contributed by atoms with van der Waals surface area (Å²) < 4.78 is 43.5. The molecule has 0 aliphatic carbocycles. The summed E-state index contributed by atoms with van der Waals surface area (Å²) in [6.07, 6.45) is -4.26. The number of para-hydroxylation sites is 1. The first-order valence-corrected chi connectivity index (χ1v) is 7.10. The van der Waals surface area contributed by atoms with Crippen LogP contribution in [-0.2, 0) is 0 Å². The lowest BCUT2D eigenvalue weighted by Gasteiger charge is -2.34. The van der Waals surface area contributed by atoms with Gasteiger partial charge in [-0.1, -0.05) is 18.2 Å². The van der Waals surface area contributed by atoms with E-state index in [4.69, 9.17) is 4.74 Å². The predicted octanol–water partition coefficient (Wildman–Crippen LogP) is 2.70. The number of aliphatic hydroxyl groups is 1. The molecule has 1 fully saturated rings. The number of rotatable bonds is 5. The van der Waals surface area contributed by atoms with Crippen LogP contribution in [0.2, 0.25) is 0 Å². The Kier molecular flexibility index (Phi) is 5.47. The summed E-state index contributed by atoms with van der Waals surface area (Å²) in [6, 6.07) is 9.04. The number of aliphatic hydroxyl groups excluding tert-OH is 1. The van der Waals surface area contributed by atoms with Crippen molar-refractivity contribution in [3.8, 4) is 5.75 Å². The standard InChI is InChI=1S/C15H20F3NO2/c16-15(17,18)12-5-4-8-19(9-12)10-13(20)11-21-14-6-2-1-3-7-14/h1-3,6-7,12-13,20H,4-5,8-11H2. The molecule has 118 valence electrons. The minimum absolute atomic E-state index is 0.0358. The Morgan fingerprint density at radius 1 is 1.29 bits per heavy atom. The maximum atomic E-state index is 12.7. The number of β-amino-alcohol motifs (C(OH)–C–C–N with tert-alkyl or cyclic N) is 1. The highest BCUT2D eigenvalue weighted by molar-refractivity contribution is 5.20. The van der Waals surface area contributed by atoms with Crippen LogP contribution < -0.4 is 4.74 Å². The summed E-state index contributed by atoms with van der Waals surface area (Å²) in [7, 11) is 0. The Morgan fingerprint density at radius 3 is 2.67 bits per heavy atom.